The van der Waals surface area contributed by atoms with Crippen molar-refractivity contribution in [2.75, 3.05) is 33.3 Å². The minimum absolute atomic E-state index is 0.120. The Bertz CT molecular complexity index is 1450. The normalized spacial score (nSPS) is 17.1. The van der Waals surface area contributed by atoms with Gasteiger partial charge in [0.05, 0.1) is 37.8 Å². The van der Waals surface area contributed by atoms with E-state index in [-0.39, 0.29) is 18.2 Å². The van der Waals surface area contributed by atoms with Gasteiger partial charge in [-0.1, -0.05) is 35.9 Å². The summed E-state index contributed by atoms with van der Waals surface area (Å²) in [6.45, 7) is 6.87. The summed E-state index contributed by atoms with van der Waals surface area (Å²) in [6, 6.07) is 12.7. The van der Waals surface area contributed by atoms with Crippen LogP contribution >= 0.6 is 0 Å². The second-order valence-corrected chi connectivity index (χ2v) is 11.0. The maximum Gasteiger partial charge on any atom is 0.314 e. The van der Waals surface area contributed by atoms with Crippen molar-refractivity contribution >= 4 is 17.8 Å². The molecule has 0 spiro atoms. The monoisotopic (exact) mass is 558 g/mol. The van der Waals surface area contributed by atoms with Gasteiger partial charge in [-0.15, -0.1) is 0 Å². The average Bonchev–Trinajstić information content (AvgIpc) is 3.17. The first-order valence-corrected chi connectivity index (χ1v) is 14.1. The predicted octanol–water partition coefficient (Wildman–Crippen LogP) is 2.67. The van der Waals surface area contributed by atoms with Crippen LogP contribution < -0.4 is 10.5 Å². The molecule has 2 N–H and O–H groups in total. The molecule has 1 fully saturated rings. The SMILES string of the molecule is COc1cccc(CC(=O)N2Cc3c(ncn3Cc3cc(C)ccc3C)CC2C(=O)N2CCCN(C(N)=O)CC2)c1. The quantitative estimate of drug-likeness (QED) is 0.500. The molecule has 1 unspecified atom stereocenters. The second-order valence-electron chi connectivity index (χ2n) is 11.0. The molecule has 0 saturated carbocycles. The third-order valence-electron chi connectivity index (χ3n) is 8.18. The molecule has 2 aliphatic rings. The minimum atomic E-state index is -0.676. The summed E-state index contributed by atoms with van der Waals surface area (Å²) in [5.74, 6) is 0.430. The first-order chi connectivity index (χ1) is 19.7. The van der Waals surface area contributed by atoms with Crippen molar-refractivity contribution < 1.29 is 19.1 Å². The van der Waals surface area contributed by atoms with E-state index in [0.717, 1.165) is 17.0 Å². The standard InChI is InChI=1S/C31H38N6O4/c1-21-8-9-22(2)24(14-21)18-36-20-33-26-17-27(30(39)34-10-5-11-35(13-12-34)31(32)40)37(19-28(26)36)29(38)16-23-6-4-7-25(15-23)41-3/h4,6-9,14-15,20,27H,5,10-13,16-19H2,1-3H3,(H2,32,40). The summed E-state index contributed by atoms with van der Waals surface area (Å²) in [5, 5.41) is 0. The molecule has 0 bridgehead atoms. The number of primary amides is 1. The number of aromatic nitrogens is 2. The van der Waals surface area contributed by atoms with E-state index >= 15 is 0 Å². The Morgan fingerprint density at radius 3 is 2.59 bits per heavy atom. The Morgan fingerprint density at radius 2 is 1.80 bits per heavy atom. The Labute approximate surface area is 240 Å². The number of urea groups is 1. The number of amides is 4. The molecule has 10 nitrogen and oxygen atoms in total. The molecule has 2 aliphatic heterocycles. The van der Waals surface area contributed by atoms with E-state index in [0.29, 0.717) is 57.9 Å². The molecule has 1 saturated heterocycles. The molecule has 41 heavy (non-hydrogen) atoms. The number of carbonyl (C=O) groups is 3. The van der Waals surface area contributed by atoms with Gasteiger partial charge in [0, 0.05) is 39.1 Å². The van der Waals surface area contributed by atoms with Gasteiger partial charge in [-0.2, -0.15) is 0 Å². The van der Waals surface area contributed by atoms with Crippen molar-refractivity contribution in [3.63, 3.8) is 0 Å². The Morgan fingerprint density at radius 1 is 1.02 bits per heavy atom. The smallest absolute Gasteiger partial charge is 0.314 e. The van der Waals surface area contributed by atoms with Crippen LogP contribution in [0.15, 0.2) is 48.8 Å². The highest BCUT2D eigenvalue weighted by molar-refractivity contribution is 5.89. The maximum atomic E-state index is 14.0. The minimum Gasteiger partial charge on any atom is -0.497 e. The number of methoxy groups -OCH3 is 1. The van der Waals surface area contributed by atoms with E-state index in [1.165, 1.54) is 16.7 Å². The summed E-state index contributed by atoms with van der Waals surface area (Å²) in [7, 11) is 1.60. The Balaban J connectivity index is 1.43. The number of fused-ring (bicyclic) bond motifs is 1. The molecular formula is C31H38N6O4. The van der Waals surface area contributed by atoms with Gasteiger partial charge in [-0.25, -0.2) is 9.78 Å². The van der Waals surface area contributed by atoms with Gasteiger partial charge < -0.3 is 29.7 Å². The first kappa shape index (κ1) is 28.2. The van der Waals surface area contributed by atoms with Crippen molar-refractivity contribution in [2.24, 2.45) is 5.73 Å². The summed E-state index contributed by atoms with van der Waals surface area (Å²) in [6.07, 6.45) is 2.94. The lowest BCUT2D eigenvalue weighted by Gasteiger charge is -2.37. The fourth-order valence-corrected chi connectivity index (χ4v) is 5.77. The average molecular weight is 559 g/mol. The van der Waals surface area contributed by atoms with Gasteiger partial charge in [0.25, 0.3) is 0 Å². The summed E-state index contributed by atoms with van der Waals surface area (Å²) in [4.78, 5) is 49.3. The van der Waals surface area contributed by atoms with E-state index in [2.05, 4.69) is 36.6 Å². The number of aryl methyl sites for hydroxylation is 2. The van der Waals surface area contributed by atoms with Crippen LogP contribution in [0.1, 0.15) is 40.1 Å². The molecule has 0 radical (unpaired) electrons. The number of carbonyl (C=O) groups excluding carboxylic acids is 3. The number of ether oxygens (including phenoxy) is 1. The first-order valence-electron chi connectivity index (χ1n) is 14.1. The van der Waals surface area contributed by atoms with Crippen LogP contribution in [-0.4, -0.2) is 81.4 Å². The van der Waals surface area contributed by atoms with Crippen LogP contribution in [-0.2, 0) is 35.5 Å². The number of hydrogen-bond donors (Lipinski definition) is 1. The van der Waals surface area contributed by atoms with E-state index < -0.39 is 12.1 Å². The lowest BCUT2D eigenvalue weighted by molar-refractivity contribution is -0.146. The summed E-state index contributed by atoms with van der Waals surface area (Å²) in [5.41, 5.74) is 11.7. The van der Waals surface area contributed by atoms with Gasteiger partial charge >= 0.3 is 6.03 Å². The number of nitrogens with zero attached hydrogens (tertiary/aromatic N) is 5. The Hall–Kier alpha value is -4.34. The zero-order chi connectivity index (χ0) is 29.1. The zero-order valence-corrected chi connectivity index (χ0v) is 24.0. The van der Waals surface area contributed by atoms with Gasteiger partial charge in [-0.05, 0) is 49.1 Å². The van der Waals surface area contributed by atoms with Crippen LogP contribution in [0.3, 0.4) is 0 Å². The van der Waals surface area contributed by atoms with Crippen LogP contribution in [0.5, 0.6) is 5.75 Å². The molecule has 1 atom stereocenters. The third-order valence-corrected chi connectivity index (χ3v) is 8.18. The number of nitrogens with two attached hydrogens (primary N) is 1. The highest BCUT2D eigenvalue weighted by atomic mass is 16.5. The van der Waals surface area contributed by atoms with E-state index in [9.17, 15) is 14.4 Å². The van der Waals surface area contributed by atoms with Crippen molar-refractivity contribution in [2.45, 2.75) is 52.2 Å². The third kappa shape index (κ3) is 6.21. The van der Waals surface area contributed by atoms with Crippen LogP contribution in [0.2, 0.25) is 0 Å². The number of rotatable bonds is 6. The van der Waals surface area contributed by atoms with Gasteiger partial charge in [0.1, 0.15) is 11.8 Å². The molecule has 2 aromatic carbocycles. The molecule has 4 amide bonds. The molecule has 5 rings (SSSR count). The highest BCUT2D eigenvalue weighted by Crippen LogP contribution is 2.27. The second kappa shape index (κ2) is 12.0. The van der Waals surface area contributed by atoms with Crippen LogP contribution in [0, 0.1) is 13.8 Å². The molecule has 3 heterocycles. The molecule has 216 valence electrons. The van der Waals surface area contributed by atoms with Gasteiger partial charge in [0.15, 0.2) is 0 Å². The number of hydrogen-bond acceptors (Lipinski definition) is 5. The van der Waals surface area contributed by atoms with E-state index in [1.807, 2.05) is 30.6 Å². The molecule has 10 heteroatoms. The van der Waals surface area contributed by atoms with Gasteiger partial charge in [0.2, 0.25) is 11.8 Å². The van der Waals surface area contributed by atoms with Crippen molar-refractivity contribution in [1.29, 1.82) is 0 Å². The highest BCUT2D eigenvalue weighted by Gasteiger charge is 2.39. The van der Waals surface area contributed by atoms with E-state index in [4.69, 9.17) is 15.5 Å². The molecule has 1 aromatic heterocycles. The summed E-state index contributed by atoms with van der Waals surface area (Å²) < 4.78 is 7.45. The van der Waals surface area contributed by atoms with Crippen molar-refractivity contribution in [3.05, 3.63) is 82.4 Å². The van der Waals surface area contributed by atoms with Crippen LogP contribution in [0.25, 0.3) is 0 Å². The molecule has 3 aromatic rings. The number of imidazole rings is 1. The van der Waals surface area contributed by atoms with Crippen LogP contribution in [0.4, 0.5) is 4.79 Å². The fraction of sp³-hybridized carbons (Fsp3) is 0.419. The largest absolute Gasteiger partial charge is 0.497 e. The topological polar surface area (TPSA) is 114 Å². The maximum absolute atomic E-state index is 14.0. The predicted molar refractivity (Wildman–Crippen MR) is 154 cm³/mol. The number of benzene rings is 2. The van der Waals surface area contributed by atoms with Gasteiger partial charge in [-0.3, -0.25) is 9.59 Å². The molecular weight excluding hydrogens is 520 g/mol. The fourth-order valence-electron chi connectivity index (χ4n) is 5.77. The zero-order valence-electron chi connectivity index (χ0n) is 24.0. The van der Waals surface area contributed by atoms with Crippen molar-refractivity contribution in [3.8, 4) is 5.75 Å². The lowest BCUT2D eigenvalue weighted by Crippen LogP contribution is -2.55. The van der Waals surface area contributed by atoms with Crippen molar-refractivity contribution in [1.82, 2.24) is 24.3 Å². The lowest BCUT2D eigenvalue weighted by atomic mass is 9.99. The Kier molecular flexibility index (Phi) is 8.28. The van der Waals surface area contributed by atoms with E-state index in [1.54, 1.807) is 21.8 Å². The summed E-state index contributed by atoms with van der Waals surface area (Å²) >= 11 is 0. The molecule has 0 aliphatic carbocycles.